The lowest BCUT2D eigenvalue weighted by Crippen LogP contribution is -2.34. The van der Waals surface area contributed by atoms with Crippen molar-refractivity contribution in [2.75, 3.05) is 33.9 Å². The molecule has 2 amide bonds. The monoisotopic (exact) mass is 566 g/mol. The normalized spacial score (nSPS) is 11.8. The number of ether oxygens (including phenoxy) is 3. The number of hydrogen-bond donors (Lipinski definition) is 2. The first-order chi connectivity index (χ1) is 18.6. The van der Waals surface area contributed by atoms with Gasteiger partial charge in [-0.1, -0.05) is 0 Å². The summed E-state index contributed by atoms with van der Waals surface area (Å²) in [5.74, 6) is -0.150. The molecular formula is C26H29F3N4O5S. The lowest BCUT2D eigenvalue weighted by molar-refractivity contribution is -0.274. The second kappa shape index (κ2) is 13.8. The van der Waals surface area contributed by atoms with Gasteiger partial charge in [-0.2, -0.15) is 4.99 Å². The summed E-state index contributed by atoms with van der Waals surface area (Å²) in [5.41, 5.74) is 1.53. The highest BCUT2D eigenvalue weighted by Crippen LogP contribution is 2.28. The molecule has 0 aliphatic carbocycles. The molecule has 9 nitrogen and oxygen atoms in total. The highest BCUT2D eigenvalue weighted by atomic mass is 32.1. The lowest BCUT2D eigenvalue weighted by Gasteiger charge is -2.12. The minimum absolute atomic E-state index is 0.114. The molecule has 13 heteroatoms. The van der Waals surface area contributed by atoms with Gasteiger partial charge in [0.05, 0.1) is 32.0 Å². The molecule has 0 saturated heterocycles. The van der Waals surface area contributed by atoms with E-state index in [1.807, 2.05) is 11.5 Å². The summed E-state index contributed by atoms with van der Waals surface area (Å²) in [7, 11) is 2.94. The molecule has 2 N–H and O–H groups in total. The van der Waals surface area contributed by atoms with Gasteiger partial charge in [0.15, 0.2) is 4.80 Å². The maximum absolute atomic E-state index is 13.1. The van der Waals surface area contributed by atoms with E-state index >= 15 is 0 Å². The Morgan fingerprint density at radius 1 is 1.05 bits per heavy atom. The van der Waals surface area contributed by atoms with Crippen LogP contribution in [0.1, 0.15) is 23.7 Å². The van der Waals surface area contributed by atoms with Crippen molar-refractivity contribution in [1.82, 2.24) is 15.2 Å². The maximum Gasteiger partial charge on any atom is 0.573 e. The summed E-state index contributed by atoms with van der Waals surface area (Å²) in [4.78, 5) is 29.5. The number of alkyl halides is 3. The standard InChI is InChI=1S/C26H29F3N4O5S/c1-4-31-23(34)15-30-12-5-13-33-21(17-6-8-18(9-7-17)38-26(27,28)29)16-39-25(33)32-24(35)20-11-10-19(36-2)14-22(20)37-3/h6-11,14,16,30H,4-5,12-13,15H2,1-3H3,(H,31,34)/b32-25-. The van der Waals surface area contributed by atoms with Crippen molar-refractivity contribution in [1.29, 1.82) is 0 Å². The van der Waals surface area contributed by atoms with E-state index < -0.39 is 12.3 Å². The molecule has 1 heterocycles. The molecule has 0 atom stereocenters. The number of amides is 2. The van der Waals surface area contributed by atoms with Gasteiger partial charge in [0, 0.05) is 24.5 Å². The molecule has 0 aliphatic rings. The fraction of sp³-hybridized carbons (Fsp3) is 0.346. The Bertz CT molecular complexity index is 1340. The summed E-state index contributed by atoms with van der Waals surface area (Å²) >= 11 is 1.22. The van der Waals surface area contributed by atoms with Crippen LogP contribution in [0.3, 0.4) is 0 Å². The van der Waals surface area contributed by atoms with Crippen LogP contribution in [0, 0.1) is 0 Å². The van der Waals surface area contributed by atoms with Crippen molar-refractivity contribution in [3.05, 3.63) is 58.2 Å². The largest absolute Gasteiger partial charge is 0.573 e. The van der Waals surface area contributed by atoms with Crippen LogP contribution in [0.2, 0.25) is 0 Å². The van der Waals surface area contributed by atoms with Crippen molar-refractivity contribution in [2.24, 2.45) is 4.99 Å². The zero-order valence-corrected chi connectivity index (χ0v) is 22.4. The Labute approximate surface area is 227 Å². The first kappa shape index (κ1) is 29.7. The van der Waals surface area contributed by atoms with Crippen LogP contribution in [-0.2, 0) is 11.3 Å². The third-order valence-corrected chi connectivity index (χ3v) is 6.28. The Balaban J connectivity index is 1.90. The van der Waals surface area contributed by atoms with Crippen LogP contribution >= 0.6 is 11.3 Å². The van der Waals surface area contributed by atoms with E-state index in [0.29, 0.717) is 53.6 Å². The van der Waals surface area contributed by atoms with Gasteiger partial charge in [0.25, 0.3) is 5.91 Å². The average Bonchev–Trinajstić information content (AvgIpc) is 3.29. The van der Waals surface area contributed by atoms with E-state index in [2.05, 4.69) is 20.4 Å². The number of nitrogens with one attached hydrogen (secondary N) is 2. The minimum atomic E-state index is -4.79. The number of rotatable bonds is 12. The van der Waals surface area contributed by atoms with Gasteiger partial charge in [-0.25, -0.2) is 0 Å². The number of hydrogen-bond acceptors (Lipinski definition) is 7. The summed E-state index contributed by atoms with van der Waals surface area (Å²) < 4.78 is 54.0. The van der Waals surface area contributed by atoms with Gasteiger partial charge in [-0.05, 0) is 61.9 Å². The number of halogens is 3. The smallest absolute Gasteiger partial charge is 0.497 e. The summed E-state index contributed by atoms with van der Waals surface area (Å²) in [6.45, 7) is 3.48. The number of nitrogens with zero attached hydrogens (tertiary/aromatic N) is 2. The van der Waals surface area contributed by atoms with Crippen LogP contribution in [0.15, 0.2) is 52.8 Å². The molecule has 0 radical (unpaired) electrons. The number of thiazole rings is 1. The zero-order valence-electron chi connectivity index (χ0n) is 21.6. The second-order valence-corrected chi connectivity index (χ2v) is 8.93. The minimum Gasteiger partial charge on any atom is -0.497 e. The number of carbonyl (C=O) groups excluding carboxylic acids is 2. The van der Waals surface area contributed by atoms with Crippen molar-refractivity contribution >= 4 is 23.2 Å². The Hall–Kier alpha value is -3.84. The number of carbonyl (C=O) groups is 2. The third kappa shape index (κ3) is 8.58. The first-order valence-corrected chi connectivity index (χ1v) is 12.9. The van der Waals surface area contributed by atoms with Gasteiger partial charge in [0.1, 0.15) is 17.2 Å². The maximum atomic E-state index is 13.1. The van der Waals surface area contributed by atoms with Crippen LogP contribution in [0.25, 0.3) is 11.3 Å². The van der Waals surface area contributed by atoms with E-state index in [-0.39, 0.29) is 23.8 Å². The average molecular weight is 567 g/mol. The van der Waals surface area contributed by atoms with E-state index in [9.17, 15) is 22.8 Å². The molecule has 1 aromatic heterocycles. The van der Waals surface area contributed by atoms with E-state index in [1.54, 1.807) is 23.6 Å². The van der Waals surface area contributed by atoms with Crippen molar-refractivity contribution in [3.8, 4) is 28.5 Å². The molecule has 3 rings (SSSR count). The summed E-state index contributed by atoms with van der Waals surface area (Å²) in [5, 5.41) is 7.54. The third-order valence-electron chi connectivity index (χ3n) is 5.41. The first-order valence-electron chi connectivity index (χ1n) is 12.0. The SMILES string of the molecule is CCNC(=O)CNCCCn1c(-c2ccc(OC(F)(F)F)cc2)cs/c1=N\C(=O)c1ccc(OC)cc1OC. The van der Waals surface area contributed by atoms with Crippen molar-refractivity contribution in [3.63, 3.8) is 0 Å². The highest BCUT2D eigenvalue weighted by molar-refractivity contribution is 7.07. The second-order valence-electron chi connectivity index (χ2n) is 8.09. The topological polar surface area (TPSA) is 103 Å². The number of likely N-dealkylation sites (N-methyl/N-ethyl adjacent to an activating group) is 1. The van der Waals surface area contributed by atoms with E-state index in [4.69, 9.17) is 9.47 Å². The highest BCUT2D eigenvalue weighted by Gasteiger charge is 2.31. The fourth-order valence-electron chi connectivity index (χ4n) is 3.64. The van der Waals surface area contributed by atoms with Gasteiger partial charge >= 0.3 is 6.36 Å². The summed E-state index contributed by atoms with van der Waals surface area (Å²) in [6, 6.07) is 10.2. The predicted octanol–water partition coefficient (Wildman–Crippen LogP) is 3.99. The number of aromatic nitrogens is 1. The molecule has 0 fully saturated rings. The van der Waals surface area contributed by atoms with Crippen LogP contribution < -0.4 is 29.6 Å². The summed E-state index contributed by atoms with van der Waals surface area (Å²) in [6.07, 6.45) is -4.20. The predicted molar refractivity (Wildman–Crippen MR) is 140 cm³/mol. The van der Waals surface area contributed by atoms with Gasteiger partial charge in [-0.3, -0.25) is 9.59 Å². The van der Waals surface area contributed by atoms with Gasteiger partial charge < -0.3 is 29.4 Å². The zero-order chi connectivity index (χ0) is 28.4. The van der Waals surface area contributed by atoms with Gasteiger partial charge in [0.2, 0.25) is 5.91 Å². The van der Waals surface area contributed by atoms with Crippen LogP contribution in [0.5, 0.6) is 17.2 Å². The number of methoxy groups -OCH3 is 2. The molecule has 0 bridgehead atoms. The molecule has 3 aromatic rings. The van der Waals surface area contributed by atoms with Gasteiger partial charge in [-0.15, -0.1) is 24.5 Å². The Morgan fingerprint density at radius 3 is 2.41 bits per heavy atom. The molecule has 210 valence electrons. The van der Waals surface area contributed by atoms with Crippen LogP contribution in [0.4, 0.5) is 13.2 Å². The Kier molecular flexibility index (Phi) is 10.5. The van der Waals surface area contributed by atoms with E-state index in [0.717, 1.165) is 0 Å². The lowest BCUT2D eigenvalue weighted by atomic mass is 10.1. The number of benzene rings is 2. The van der Waals surface area contributed by atoms with Crippen molar-refractivity contribution in [2.45, 2.75) is 26.3 Å². The quantitative estimate of drug-likeness (QED) is 0.322. The molecular weight excluding hydrogens is 537 g/mol. The van der Waals surface area contributed by atoms with Crippen LogP contribution in [-0.4, -0.2) is 56.6 Å². The fourth-order valence-corrected chi connectivity index (χ4v) is 4.57. The molecule has 2 aromatic carbocycles. The Morgan fingerprint density at radius 2 is 1.77 bits per heavy atom. The van der Waals surface area contributed by atoms with E-state index in [1.165, 1.54) is 49.8 Å². The molecule has 0 saturated carbocycles. The molecule has 0 aliphatic heterocycles. The molecule has 0 spiro atoms. The van der Waals surface area contributed by atoms with Crippen molar-refractivity contribution < 1.29 is 37.0 Å². The molecule has 39 heavy (non-hydrogen) atoms. The molecule has 0 unspecified atom stereocenters.